The maximum absolute atomic E-state index is 11.7. The van der Waals surface area contributed by atoms with Gasteiger partial charge in [0.15, 0.2) is 12.4 Å². The van der Waals surface area contributed by atoms with E-state index in [0.717, 1.165) is 17.0 Å². The lowest BCUT2D eigenvalue weighted by Gasteiger charge is -2.08. The molecule has 2 N–H and O–H groups in total. The third-order valence-electron chi connectivity index (χ3n) is 3.03. The minimum atomic E-state index is -0.296. The second-order valence-electron chi connectivity index (χ2n) is 4.76. The summed E-state index contributed by atoms with van der Waals surface area (Å²) in [5.74, 6) is 0.595. The van der Waals surface area contributed by atoms with Crippen molar-refractivity contribution < 1.29 is 14.3 Å². The zero-order valence-corrected chi connectivity index (χ0v) is 12.5. The van der Waals surface area contributed by atoms with E-state index >= 15 is 0 Å². The molecule has 1 amide bonds. The maximum Gasteiger partial charge on any atom is 0.258 e. The first-order valence-electron chi connectivity index (χ1n) is 6.80. The first kappa shape index (κ1) is 15.6. The number of rotatable bonds is 6. The van der Waals surface area contributed by atoms with E-state index in [-0.39, 0.29) is 23.7 Å². The van der Waals surface area contributed by atoms with Crippen LogP contribution in [0.3, 0.4) is 0 Å². The number of aryl methyl sites for hydroxylation is 1. The van der Waals surface area contributed by atoms with Crippen LogP contribution in [0.1, 0.15) is 11.3 Å². The molecule has 0 spiro atoms. The molecule has 1 heterocycles. The molecule has 1 aromatic carbocycles. The fourth-order valence-electron chi connectivity index (χ4n) is 1.81. The quantitative estimate of drug-likeness (QED) is 0.845. The molecule has 116 valence electrons. The van der Waals surface area contributed by atoms with Crippen molar-refractivity contribution in [1.82, 2.24) is 10.3 Å². The van der Waals surface area contributed by atoms with Gasteiger partial charge in [-0.15, -0.1) is 0 Å². The zero-order valence-electron chi connectivity index (χ0n) is 12.5. The van der Waals surface area contributed by atoms with E-state index in [2.05, 4.69) is 10.3 Å². The lowest BCUT2D eigenvalue weighted by molar-refractivity contribution is -0.123. The van der Waals surface area contributed by atoms with Gasteiger partial charge in [0.05, 0.1) is 7.11 Å². The molecule has 0 bridgehead atoms. The molecule has 6 heteroatoms. The predicted octanol–water partition coefficient (Wildman–Crippen LogP) is 1.39. The zero-order chi connectivity index (χ0) is 15.9. The third kappa shape index (κ3) is 4.37. The lowest BCUT2D eigenvalue weighted by atomic mass is 10.2. The van der Waals surface area contributed by atoms with Crippen LogP contribution in [0, 0.1) is 6.92 Å². The summed E-state index contributed by atoms with van der Waals surface area (Å²) in [4.78, 5) is 26.2. The minimum absolute atomic E-state index is 0.130. The van der Waals surface area contributed by atoms with Gasteiger partial charge >= 0.3 is 0 Å². The highest BCUT2D eigenvalue weighted by molar-refractivity contribution is 5.77. The number of aromatic nitrogens is 1. The summed E-state index contributed by atoms with van der Waals surface area (Å²) in [6.07, 6.45) is 1.45. The van der Waals surface area contributed by atoms with Crippen LogP contribution in [-0.4, -0.2) is 24.6 Å². The number of amides is 1. The highest BCUT2D eigenvalue weighted by Gasteiger charge is 2.06. The number of pyridine rings is 1. The summed E-state index contributed by atoms with van der Waals surface area (Å²) < 4.78 is 10.3. The van der Waals surface area contributed by atoms with Gasteiger partial charge in [0.25, 0.3) is 5.91 Å². The van der Waals surface area contributed by atoms with E-state index in [9.17, 15) is 9.59 Å². The van der Waals surface area contributed by atoms with Gasteiger partial charge in [0, 0.05) is 24.5 Å². The molecule has 0 aliphatic rings. The number of hydrogen-bond acceptors (Lipinski definition) is 4. The molecule has 0 radical (unpaired) electrons. The summed E-state index contributed by atoms with van der Waals surface area (Å²) in [5, 5.41) is 2.72. The van der Waals surface area contributed by atoms with Crippen LogP contribution in [0.5, 0.6) is 11.5 Å². The van der Waals surface area contributed by atoms with Crippen LogP contribution in [0.2, 0.25) is 0 Å². The molecule has 0 unspecified atom stereocenters. The molecule has 0 fully saturated rings. The van der Waals surface area contributed by atoms with Crippen molar-refractivity contribution in [2.75, 3.05) is 13.7 Å². The van der Waals surface area contributed by atoms with E-state index in [0.29, 0.717) is 6.54 Å². The Morgan fingerprint density at radius 2 is 2.00 bits per heavy atom. The van der Waals surface area contributed by atoms with E-state index < -0.39 is 0 Å². The highest BCUT2D eigenvalue weighted by Crippen LogP contribution is 2.10. The van der Waals surface area contributed by atoms with E-state index in [1.807, 2.05) is 24.3 Å². The van der Waals surface area contributed by atoms with E-state index in [1.165, 1.54) is 12.3 Å². The topological polar surface area (TPSA) is 80.4 Å². The molecule has 22 heavy (non-hydrogen) atoms. The van der Waals surface area contributed by atoms with Crippen LogP contribution < -0.4 is 20.2 Å². The Kier molecular flexibility index (Phi) is 5.19. The molecule has 1 aromatic heterocycles. The van der Waals surface area contributed by atoms with Gasteiger partial charge < -0.3 is 19.8 Å². The van der Waals surface area contributed by atoms with Gasteiger partial charge in [-0.1, -0.05) is 12.1 Å². The Bertz CT molecular complexity index is 692. The summed E-state index contributed by atoms with van der Waals surface area (Å²) in [7, 11) is 1.60. The van der Waals surface area contributed by atoms with Gasteiger partial charge in [-0.3, -0.25) is 9.59 Å². The minimum Gasteiger partial charge on any atom is -0.497 e. The maximum atomic E-state index is 11.7. The molecular formula is C16H18N2O4. The number of nitrogens with one attached hydrogen (secondary N) is 2. The number of aromatic amines is 1. The number of methoxy groups -OCH3 is 1. The number of benzene rings is 1. The van der Waals surface area contributed by atoms with Gasteiger partial charge in [-0.25, -0.2) is 0 Å². The number of carbonyl (C=O) groups excluding carboxylic acids is 1. The van der Waals surface area contributed by atoms with Crippen molar-refractivity contribution in [2.45, 2.75) is 13.5 Å². The van der Waals surface area contributed by atoms with Crippen LogP contribution >= 0.6 is 0 Å². The average molecular weight is 302 g/mol. The Hall–Kier alpha value is -2.76. The second-order valence-corrected chi connectivity index (χ2v) is 4.76. The van der Waals surface area contributed by atoms with E-state index in [4.69, 9.17) is 9.47 Å². The Labute approximate surface area is 128 Å². The van der Waals surface area contributed by atoms with Gasteiger partial charge in [-0.05, 0) is 24.6 Å². The SMILES string of the molecule is COc1ccc(CNC(=O)COc2c[nH]c(C)cc2=O)cc1. The Morgan fingerprint density at radius 1 is 1.27 bits per heavy atom. The predicted molar refractivity (Wildman–Crippen MR) is 82.1 cm³/mol. The van der Waals surface area contributed by atoms with E-state index in [1.54, 1.807) is 14.0 Å². The van der Waals surface area contributed by atoms with Crippen molar-refractivity contribution in [2.24, 2.45) is 0 Å². The van der Waals surface area contributed by atoms with Crippen LogP contribution in [-0.2, 0) is 11.3 Å². The fourth-order valence-corrected chi connectivity index (χ4v) is 1.81. The molecular weight excluding hydrogens is 284 g/mol. The van der Waals surface area contributed by atoms with Crippen molar-refractivity contribution in [3.63, 3.8) is 0 Å². The number of hydrogen-bond donors (Lipinski definition) is 2. The van der Waals surface area contributed by atoms with Crippen molar-refractivity contribution in [1.29, 1.82) is 0 Å². The Morgan fingerprint density at radius 3 is 2.64 bits per heavy atom. The van der Waals surface area contributed by atoms with Crippen LogP contribution in [0.25, 0.3) is 0 Å². The second kappa shape index (κ2) is 7.31. The standard InChI is InChI=1S/C16H18N2O4/c1-11-7-14(19)15(9-17-11)22-10-16(20)18-8-12-3-5-13(21-2)6-4-12/h3-7,9H,8,10H2,1-2H3,(H,17,19)(H,18,20). The van der Waals surface area contributed by atoms with Crippen molar-refractivity contribution in [3.8, 4) is 11.5 Å². The first-order chi connectivity index (χ1) is 10.6. The molecule has 0 atom stereocenters. The number of carbonyl (C=O) groups is 1. The summed E-state index contributed by atoms with van der Waals surface area (Å²) in [5.41, 5.74) is 1.43. The average Bonchev–Trinajstić information content (AvgIpc) is 2.52. The molecule has 0 saturated carbocycles. The molecule has 0 saturated heterocycles. The molecule has 6 nitrogen and oxygen atoms in total. The largest absolute Gasteiger partial charge is 0.497 e. The monoisotopic (exact) mass is 302 g/mol. The van der Waals surface area contributed by atoms with Crippen LogP contribution in [0.15, 0.2) is 41.3 Å². The van der Waals surface area contributed by atoms with Gasteiger partial charge in [0.2, 0.25) is 5.43 Å². The molecule has 0 aliphatic carbocycles. The highest BCUT2D eigenvalue weighted by atomic mass is 16.5. The van der Waals surface area contributed by atoms with Gasteiger partial charge in [0.1, 0.15) is 5.75 Å². The summed E-state index contributed by atoms with van der Waals surface area (Å²) in [6.45, 7) is 1.95. The van der Waals surface area contributed by atoms with Gasteiger partial charge in [-0.2, -0.15) is 0 Å². The summed E-state index contributed by atoms with van der Waals surface area (Å²) >= 11 is 0. The number of H-pyrrole nitrogens is 1. The smallest absolute Gasteiger partial charge is 0.258 e. The third-order valence-corrected chi connectivity index (χ3v) is 3.03. The molecule has 2 rings (SSSR count). The first-order valence-corrected chi connectivity index (χ1v) is 6.80. The van der Waals surface area contributed by atoms with Crippen molar-refractivity contribution >= 4 is 5.91 Å². The fraction of sp³-hybridized carbons (Fsp3) is 0.250. The Balaban J connectivity index is 1.81. The summed E-state index contributed by atoms with van der Waals surface area (Å²) in [6, 6.07) is 8.80. The van der Waals surface area contributed by atoms with Crippen molar-refractivity contribution in [3.05, 3.63) is 58.0 Å². The van der Waals surface area contributed by atoms with Crippen LogP contribution in [0.4, 0.5) is 0 Å². The normalized spacial score (nSPS) is 10.1. The molecule has 0 aliphatic heterocycles. The number of ether oxygens (including phenoxy) is 2. The lowest BCUT2D eigenvalue weighted by Crippen LogP contribution is -2.29. The molecule has 2 aromatic rings.